The highest BCUT2D eigenvalue weighted by molar-refractivity contribution is 6.21. The minimum atomic E-state index is -3.82. The fourth-order valence-corrected chi connectivity index (χ4v) is 9.04. The molecule has 25 heteroatoms. The van der Waals surface area contributed by atoms with E-state index in [0.29, 0.717) is 91.9 Å². The number of pyridine rings is 2. The highest BCUT2D eigenvalue weighted by Gasteiger charge is 2.31. The number of carboxylic acids is 1. The number of rotatable bonds is 13. The number of anilines is 4. The van der Waals surface area contributed by atoms with Gasteiger partial charge < -0.3 is 55.1 Å². The van der Waals surface area contributed by atoms with Crippen molar-refractivity contribution in [1.82, 2.24) is 29.5 Å². The summed E-state index contributed by atoms with van der Waals surface area (Å²) in [6.07, 6.45) is 12.2. The lowest BCUT2D eigenvalue weighted by atomic mass is 10.1. The zero-order valence-corrected chi connectivity index (χ0v) is 41.7. The van der Waals surface area contributed by atoms with Crippen LogP contribution in [0.25, 0.3) is 22.5 Å². The molecule has 6 aromatic rings. The molecule has 0 spiro atoms. The predicted octanol–water partition coefficient (Wildman–Crippen LogP) is 10.9. The van der Waals surface area contributed by atoms with E-state index in [2.05, 4.69) is 46.6 Å². The Labute approximate surface area is 459 Å². The number of hydrogen-bond acceptors (Lipinski definition) is 15. The minimum absolute atomic E-state index is 0. The van der Waals surface area contributed by atoms with Crippen LogP contribution in [-0.2, 0) is 9.47 Å². The zero-order chi connectivity index (χ0) is 53.3. The van der Waals surface area contributed by atoms with Crippen LogP contribution in [0.4, 0.5) is 40.6 Å². The third kappa shape index (κ3) is 16.6. The number of nitrogens with one attached hydrogen (secondary N) is 1. The smallest absolute Gasteiger partial charge is 0.478 e. The molecule has 8 heterocycles. The van der Waals surface area contributed by atoms with E-state index < -0.39 is 35.2 Å². The number of nitrogens with two attached hydrogens (primary N) is 1. The number of alkyl halides is 6. The largest absolute Gasteiger partial charge is 0.487 e. The van der Waals surface area contributed by atoms with Gasteiger partial charge in [-0.2, -0.15) is 10.2 Å². The molecule has 424 valence electrons. The van der Waals surface area contributed by atoms with Crippen LogP contribution in [0.1, 0.15) is 107 Å². The highest BCUT2D eigenvalue weighted by Crippen LogP contribution is 2.37. The summed E-state index contributed by atoms with van der Waals surface area (Å²) >= 11 is 9.31. The number of aliphatic hydroxyl groups is 2. The van der Waals surface area contributed by atoms with E-state index in [1.165, 1.54) is 60.9 Å². The Morgan fingerprint density at radius 1 is 0.654 bits per heavy atom. The first-order valence-corrected chi connectivity index (χ1v) is 24.8. The van der Waals surface area contributed by atoms with Gasteiger partial charge in [-0.25, -0.2) is 24.1 Å². The van der Waals surface area contributed by atoms with Gasteiger partial charge in [-0.15, -0.1) is 17.6 Å². The van der Waals surface area contributed by atoms with Crippen LogP contribution < -0.4 is 30.3 Å². The maximum atomic E-state index is 13.1. The van der Waals surface area contributed by atoms with Crippen molar-refractivity contribution >= 4 is 58.1 Å². The molecule has 0 aliphatic carbocycles. The Bertz CT molecular complexity index is 2860. The van der Waals surface area contributed by atoms with E-state index in [1.54, 1.807) is 24.5 Å². The van der Waals surface area contributed by atoms with Gasteiger partial charge in [0.1, 0.15) is 23.1 Å². The Morgan fingerprint density at radius 3 is 1.49 bits per heavy atom. The number of β-amino-alcohol motifs (C(OH)–C–C–N with tert-alkyl or cyclic N) is 2. The van der Waals surface area contributed by atoms with Gasteiger partial charge >= 0.3 is 17.1 Å². The van der Waals surface area contributed by atoms with Crippen LogP contribution >= 0.6 is 23.2 Å². The fraction of sp³-hybridized carbons (Fsp3) is 0.434. The van der Waals surface area contributed by atoms with Crippen molar-refractivity contribution < 1.29 is 61.4 Å². The predicted molar refractivity (Wildman–Crippen MR) is 290 cm³/mol. The molecule has 10 rings (SSSR count). The van der Waals surface area contributed by atoms with Gasteiger partial charge in [0.2, 0.25) is 0 Å². The molecule has 0 radical (unpaired) electrons. The molecule has 6 N–H and O–H groups in total. The SMILES string of the molecule is C.C.C.Nc1ccc(OC(F)(F)Cl)cc1.O=C(Nc1ccc(OC(F)(F)Cl)cc1)c1cnc(N2CC[C@@H](O)C2)c(-c2ccnn2C2CCCCO2)c1.O=C(O)c1cnc(N2CC[C@@H](O)C2)c(-c2ccnn2C2CCCCO2)c1. The molecule has 2 aromatic carbocycles. The summed E-state index contributed by atoms with van der Waals surface area (Å²) in [5, 5.41) is 41.0. The third-order valence-corrected chi connectivity index (χ3v) is 12.5. The molecular formula is C53H66Cl2F4N10O9. The van der Waals surface area contributed by atoms with E-state index in [4.69, 9.17) is 26.8 Å². The third-order valence-electron chi connectivity index (χ3n) is 12.4. The molecule has 4 saturated heterocycles. The van der Waals surface area contributed by atoms with Gasteiger partial charge in [-0.3, -0.25) is 4.79 Å². The molecular weight excluding hydrogens is 1070 g/mol. The van der Waals surface area contributed by atoms with Crippen LogP contribution in [-0.4, -0.2) is 119 Å². The Kier molecular flexibility index (Phi) is 22.1. The minimum Gasteiger partial charge on any atom is -0.478 e. The monoisotopic (exact) mass is 1130 g/mol. The number of carboxylic acid groups (broad SMARTS) is 1. The number of aromatic carboxylic acids is 1. The second-order valence-corrected chi connectivity index (χ2v) is 18.8. The van der Waals surface area contributed by atoms with E-state index in [1.807, 2.05) is 31.3 Å². The van der Waals surface area contributed by atoms with Crippen LogP contribution in [0.5, 0.6) is 11.5 Å². The lowest BCUT2D eigenvalue weighted by Crippen LogP contribution is -2.25. The summed E-state index contributed by atoms with van der Waals surface area (Å²) in [5.41, 5.74) is 2.03. The van der Waals surface area contributed by atoms with E-state index in [-0.39, 0.29) is 51.8 Å². The van der Waals surface area contributed by atoms with Gasteiger partial charge in [-0.05, 0) is 124 Å². The summed E-state index contributed by atoms with van der Waals surface area (Å²) in [5.74, 6) is -0.301. The molecule has 0 saturated carbocycles. The summed E-state index contributed by atoms with van der Waals surface area (Å²) in [7, 11) is 0. The van der Waals surface area contributed by atoms with Crippen molar-refractivity contribution in [3.8, 4) is 34.0 Å². The number of benzene rings is 2. The Morgan fingerprint density at radius 2 is 1.09 bits per heavy atom. The maximum absolute atomic E-state index is 13.1. The second kappa shape index (κ2) is 27.7. The van der Waals surface area contributed by atoms with Gasteiger partial charge in [0, 0.05) is 110 Å². The van der Waals surface area contributed by atoms with Crippen molar-refractivity contribution in [3.05, 3.63) is 109 Å². The van der Waals surface area contributed by atoms with Crippen molar-refractivity contribution in [2.24, 2.45) is 0 Å². The standard InChI is InChI=1S/C25H26ClF2N5O4.C18H22N4O4.C7H6ClF2NO.3CH4/c26-25(27,28)37-19-6-4-17(5-7-19)31-24(35)16-13-20(23(29-14-16)32-11-9-18(34)15-32)21-8-10-30-33(21)22-3-1-2-12-36-22;23-13-5-7-21(11-13)17-14(9-12(10-19-17)18(24)25)15-4-6-20-22(15)16-3-1-2-8-26-16;8-7(9,10)12-6-3-1-5(11)2-4-6;;;/h4-8,10,13-14,18,22,34H,1-3,9,11-12,15H2,(H,31,35);4,6,9-10,13,16,23H,1-3,5,7-8,11H2,(H,24,25);1-4H,11H2;3*1H4/t18-,22?;13-,16?;;;;/m11..../s1. The molecule has 4 atom stereocenters. The zero-order valence-electron chi connectivity index (χ0n) is 40.2. The van der Waals surface area contributed by atoms with Crippen molar-refractivity contribution in [2.75, 3.05) is 60.2 Å². The summed E-state index contributed by atoms with van der Waals surface area (Å²) < 4.78 is 73.5. The number of hydrogen-bond donors (Lipinski definition) is 5. The van der Waals surface area contributed by atoms with Gasteiger partial charge in [-0.1, -0.05) is 22.3 Å². The van der Waals surface area contributed by atoms with Gasteiger partial charge in [0.25, 0.3) is 5.91 Å². The number of carbonyl (C=O) groups excluding carboxylic acids is 1. The number of amides is 1. The fourth-order valence-electron chi connectivity index (χ4n) is 8.87. The van der Waals surface area contributed by atoms with E-state index >= 15 is 0 Å². The topological polar surface area (TPSA) is 238 Å². The lowest BCUT2D eigenvalue weighted by Gasteiger charge is -2.26. The van der Waals surface area contributed by atoms with Gasteiger partial charge in [0.15, 0.2) is 12.5 Å². The molecule has 4 aliphatic rings. The van der Waals surface area contributed by atoms with Crippen LogP contribution in [0.3, 0.4) is 0 Å². The first kappa shape index (κ1) is 62.1. The summed E-state index contributed by atoms with van der Waals surface area (Å²) in [4.78, 5) is 37.6. The average molecular weight is 1130 g/mol. The summed E-state index contributed by atoms with van der Waals surface area (Å²) in [6.45, 7) is 3.60. The molecule has 0 bridgehead atoms. The number of aliphatic hydroxyl groups excluding tert-OH is 2. The van der Waals surface area contributed by atoms with E-state index in [0.717, 1.165) is 49.9 Å². The number of carbonyl (C=O) groups is 2. The Balaban J connectivity index is 0.000000238. The highest BCUT2D eigenvalue weighted by atomic mass is 35.5. The van der Waals surface area contributed by atoms with Crippen LogP contribution in [0.2, 0.25) is 0 Å². The average Bonchev–Trinajstić information content (AvgIpc) is 4.24. The number of nitrogen functional groups attached to an aromatic ring is 1. The normalized spacial score (nSPS) is 19.1. The second-order valence-electron chi connectivity index (χ2n) is 17.9. The summed E-state index contributed by atoms with van der Waals surface area (Å²) in [6, 6.07) is 18.0. The first-order chi connectivity index (χ1) is 35.9. The van der Waals surface area contributed by atoms with E-state index in [9.17, 15) is 42.5 Å². The molecule has 4 fully saturated rings. The first-order valence-electron chi connectivity index (χ1n) is 24.1. The van der Waals surface area contributed by atoms with Crippen molar-refractivity contribution in [2.45, 2.75) is 109 Å². The number of aromatic nitrogens is 6. The van der Waals surface area contributed by atoms with Crippen LogP contribution in [0.15, 0.2) is 97.6 Å². The van der Waals surface area contributed by atoms with Crippen LogP contribution in [0, 0.1) is 0 Å². The van der Waals surface area contributed by atoms with Crippen molar-refractivity contribution in [3.63, 3.8) is 0 Å². The molecule has 78 heavy (non-hydrogen) atoms. The lowest BCUT2D eigenvalue weighted by molar-refractivity contribution is -0.0972. The number of nitrogens with zero attached hydrogens (tertiary/aromatic N) is 8. The molecule has 4 aromatic heterocycles. The molecule has 4 aliphatic heterocycles. The van der Waals surface area contributed by atoms with Crippen molar-refractivity contribution in [1.29, 1.82) is 0 Å². The Hall–Kier alpha value is -6.76. The maximum Gasteiger partial charge on any atom is 0.487 e. The molecule has 19 nitrogen and oxygen atoms in total. The molecule has 1 amide bonds. The number of halogens is 6. The molecule has 2 unspecified atom stereocenters. The number of ether oxygens (including phenoxy) is 4. The quantitative estimate of drug-likeness (QED) is 0.0411. The van der Waals surface area contributed by atoms with Gasteiger partial charge in [0.05, 0.1) is 34.7 Å².